The van der Waals surface area contributed by atoms with E-state index in [1.54, 1.807) is 0 Å². The number of benzene rings is 1. The minimum Gasteiger partial charge on any atom is -0.368 e. The van der Waals surface area contributed by atoms with Crippen molar-refractivity contribution < 1.29 is 0 Å². The zero-order valence-electron chi connectivity index (χ0n) is 17.3. The van der Waals surface area contributed by atoms with Gasteiger partial charge in [-0.3, -0.25) is 4.99 Å². The van der Waals surface area contributed by atoms with E-state index >= 15 is 0 Å². The third-order valence-electron chi connectivity index (χ3n) is 4.61. The van der Waals surface area contributed by atoms with Crippen LogP contribution in [-0.4, -0.2) is 24.7 Å². The van der Waals surface area contributed by atoms with Crippen LogP contribution in [0.3, 0.4) is 0 Å². The van der Waals surface area contributed by atoms with Crippen molar-refractivity contribution in [1.82, 2.24) is 5.32 Å². The molecule has 1 N–H and O–H groups in total. The predicted molar refractivity (Wildman–Crippen MR) is 122 cm³/mol. The minimum atomic E-state index is 0.884. The van der Waals surface area contributed by atoms with Crippen LogP contribution in [0.15, 0.2) is 69.1 Å². The number of thioether (sulfide) groups is 1. The molecular formula is C24H34N2S. The molecule has 2 rings (SSSR count). The van der Waals surface area contributed by atoms with Crippen molar-refractivity contribution in [2.75, 3.05) is 18.8 Å². The van der Waals surface area contributed by atoms with Gasteiger partial charge >= 0.3 is 0 Å². The molecule has 0 saturated heterocycles. The molecule has 0 aromatic heterocycles. The second-order valence-electron chi connectivity index (χ2n) is 7.42. The van der Waals surface area contributed by atoms with E-state index in [9.17, 15) is 0 Å². The first-order valence-corrected chi connectivity index (χ1v) is 11.0. The Morgan fingerprint density at radius 1 is 1.00 bits per heavy atom. The number of allylic oxidation sites excluding steroid dienone is 5. The van der Waals surface area contributed by atoms with Gasteiger partial charge in [0.15, 0.2) is 0 Å². The summed E-state index contributed by atoms with van der Waals surface area (Å²) in [5.41, 5.74) is 5.63. The van der Waals surface area contributed by atoms with E-state index < -0.39 is 0 Å². The minimum absolute atomic E-state index is 0.884. The number of hydrogen-bond donors (Lipinski definition) is 1. The first-order valence-electron chi connectivity index (χ1n) is 10.0. The van der Waals surface area contributed by atoms with Crippen LogP contribution in [-0.2, 0) is 0 Å². The summed E-state index contributed by atoms with van der Waals surface area (Å²) >= 11 is 1.90. The highest BCUT2D eigenvalue weighted by Crippen LogP contribution is 2.24. The highest BCUT2D eigenvalue weighted by Gasteiger charge is 2.11. The third-order valence-corrected chi connectivity index (χ3v) is 5.61. The Bertz CT molecular complexity index is 722. The summed E-state index contributed by atoms with van der Waals surface area (Å²) < 4.78 is 0. The molecule has 0 bridgehead atoms. The number of nitrogens with one attached hydrogen (secondary N) is 1. The van der Waals surface area contributed by atoms with E-state index in [4.69, 9.17) is 0 Å². The Morgan fingerprint density at radius 3 is 2.41 bits per heavy atom. The number of nitrogens with zero attached hydrogens (tertiary/aromatic N) is 1. The molecule has 1 aliphatic rings. The third kappa shape index (κ3) is 8.21. The molecule has 1 heterocycles. The Hall–Kier alpha value is -1.74. The molecule has 1 aromatic rings. The van der Waals surface area contributed by atoms with Crippen molar-refractivity contribution in [2.24, 2.45) is 4.99 Å². The van der Waals surface area contributed by atoms with Crippen molar-refractivity contribution in [2.45, 2.75) is 58.3 Å². The van der Waals surface area contributed by atoms with Gasteiger partial charge in [0.2, 0.25) is 0 Å². The van der Waals surface area contributed by atoms with Crippen molar-refractivity contribution in [3.05, 3.63) is 64.8 Å². The topological polar surface area (TPSA) is 24.4 Å². The molecule has 0 amide bonds. The lowest BCUT2D eigenvalue weighted by molar-refractivity contribution is 0.917. The maximum atomic E-state index is 4.56. The summed E-state index contributed by atoms with van der Waals surface area (Å²) in [6, 6.07) is 8.57. The molecule has 146 valence electrons. The molecule has 0 atom stereocenters. The standard InChI is InChI=1S/C24H34N2S/c1-19(2)9-7-10-20(3)11-8-12-21(4)15-18-27-23-14-6-5-13-22(23)24-25-16-17-26-24/h5-6,9,11,13-15H,7-8,10,12,16-18H2,1-4H3,(H,25,26)/b20-11+,21-15+. The zero-order valence-corrected chi connectivity index (χ0v) is 18.2. The molecule has 1 aromatic carbocycles. The predicted octanol–water partition coefficient (Wildman–Crippen LogP) is 6.55. The molecule has 3 heteroatoms. The fourth-order valence-corrected chi connectivity index (χ4v) is 4.02. The summed E-state index contributed by atoms with van der Waals surface area (Å²) in [7, 11) is 0. The molecular weight excluding hydrogens is 348 g/mol. The van der Waals surface area contributed by atoms with Crippen molar-refractivity contribution in [3.63, 3.8) is 0 Å². The van der Waals surface area contributed by atoms with Gasteiger partial charge in [-0.2, -0.15) is 0 Å². The summed E-state index contributed by atoms with van der Waals surface area (Å²) in [4.78, 5) is 5.87. The monoisotopic (exact) mass is 382 g/mol. The molecule has 27 heavy (non-hydrogen) atoms. The van der Waals surface area contributed by atoms with Gasteiger partial charge in [0.1, 0.15) is 5.84 Å². The summed E-state index contributed by atoms with van der Waals surface area (Å²) in [5, 5.41) is 3.38. The van der Waals surface area contributed by atoms with Crippen molar-refractivity contribution in [3.8, 4) is 0 Å². The Morgan fingerprint density at radius 2 is 1.70 bits per heavy atom. The molecule has 0 fully saturated rings. The van der Waals surface area contributed by atoms with E-state index in [0.29, 0.717) is 0 Å². The fraction of sp³-hybridized carbons (Fsp3) is 0.458. The second kappa shape index (κ2) is 11.9. The van der Waals surface area contributed by atoms with E-state index in [2.05, 4.69) is 80.5 Å². The van der Waals surface area contributed by atoms with Crippen LogP contribution >= 0.6 is 11.8 Å². The normalized spacial score (nSPS) is 14.7. The lowest BCUT2D eigenvalue weighted by Crippen LogP contribution is -2.20. The summed E-state index contributed by atoms with van der Waals surface area (Å²) in [5.74, 6) is 2.06. The number of hydrogen-bond acceptors (Lipinski definition) is 3. The fourth-order valence-electron chi connectivity index (χ4n) is 2.98. The van der Waals surface area contributed by atoms with Crippen molar-refractivity contribution in [1.29, 1.82) is 0 Å². The van der Waals surface area contributed by atoms with Gasteiger partial charge in [-0.25, -0.2) is 0 Å². The zero-order chi connectivity index (χ0) is 19.5. The lowest BCUT2D eigenvalue weighted by Gasteiger charge is -2.09. The molecule has 0 aliphatic carbocycles. The van der Waals surface area contributed by atoms with Crippen LogP contribution in [0.25, 0.3) is 0 Å². The van der Waals surface area contributed by atoms with Gasteiger partial charge in [-0.05, 0) is 59.4 Å². The summed E-state index contributed by atoms with van der Waals surface area (Å²) in [6.07, 6.45) is 11.7. The molecule has 0 radical (unpaired) electrons. The van der Waals surface area contributed by atoms with Crippen LogP contribution < -0.4 is 5.32 Å². The molecule has 0 spiro atoms. The van der Waals surface area contributed by atoms with E-state index in [1.165, 1.54) is 33.6 Å². The van der Waals surface area contributed by atoms with Crippen molar-refractivity contribution >= 4 is 17.6 Å². The smallest absolute Gasteiger partial charge is 0.129 e. The van der Waals surface area contributed by atoms with E-state index in [-0.39, 0.29) is 0 Å². The molecule has 1 aliphatic heterocycles. The van der Waals surface area contributed by atoms with E-state index in [1.807, 2.05) is 11.8 Å². The molecule has 0 saturated carbocycles. The number of amidine groups is 1. The summed E-state index contributed by atoms with van der Waals surface area (Å²) in [6.45, 7) is 10.7. The van der Waals surface area contributed by atoms with Gasteiger partial charge in [0, 0.05) is 22.8 Å². The van der Waals surface area contributed by atoms with Crippen LogP contribution in [0.2, 0.25) is 0 Å². The molecule has 2 nitrogen and oxygen atoms in total. The first-order chi connectivity index (χ1) is 13.1. The highest BCUT2D eigenvalue weighted by atomic mass is 32.2. The lowest BCUT2D eigenvalue weighted by atomic mass is 10.1. The molecule has 0 unspecified atom stereocenters. The van der Waals surface area contributed by atoms with Gasteiger partial charge in [0.05, 0.1) is 6.54 Å². The Balaban J connectivity index is 1.77. The Labute approximate surface area is 169 Å². The second-order valence-corrected chi connectivity index (χ2v) is 8.49. The maximum Gasteiger partial charge on any atom is 0.129 e. The van der Waals surface area contributed by atoms with Gasteiger partial charge in [-0.1, -0.05) is 53.1 Å². The first kappa shape index (κ1) is 21.6. The number of aliphatic imine (C=N–C) groups is 1. The van der Waals surface area contributed by atoms with E-state index in [0.717, 1.165) is 43.9 Å². The Kier molecular flexibility index (Phi) is 9.47. The SMILES string of the molecule is CC(C)=CCC/C(C)=C/CC/C(C)=C/CSc1ccccc1C1=NCCN1. The van der Waals surface area contributed by atoms with Gasteiger partial charge < -0.3 is 5.32 Å². The van der Waals surface area contributed by atoms with Crippen LogP contribution in [0.5, 0.6) is 0 Å². The number of rotatable bonds is 10. The largest absolute Gasteiger partial charge is 0.368 e. The van der Waals surface area contributed by atoms with Crippen LogP contribution in [0.1, 0.15) is 58.9 Å². The van der Waals surface area contributed by atoms with Gasteiger partial charge in [-0.15, -0.1) is 11.8 Å². The highest BCUT2D eigenvalue weighted by molar-refractivity contribution is 7.99. The van der Waals surface area contributed by atoms with Crippen LogP contribution in [0.4, 0.5) is 0 Å². The average Bonchev–Trinajstić information content (AvgIpc) is 3.16. The quantitative estimate of drug-likeness (QED) is 0.366. The maximum absolute atomic E-state index is 4.56. The van der Waals surface area contributed by atoms with Crippen LogP contribution in [0, 0.1) is 0 Å². The van der Waals surface area contributed by atoms with Gasteiger partial charge in [0.25, 0.3) is 0 Å². The average molecular weight is 383 g/mol.